The lowest BCUT2D eigenvalue weighted by atomic mass is 10.1. The molecule has 0 bridgehead atoms. The Bertz CT molecular complexity index is 645. The second kappa shape index (κ2) is 7.11. The van der Waals surface area contributed by atoms with Crippen molar-refractivity contribution in [3.8, 4) is 5.75 Å². The summed E-state index contributed by atoms with van der Waals surface area (Å²) in [6.45, 7) is 7.43. The fourth-order valence-electron chi connectivity index (χ4n) is 2.48. The van der Waals surface area contributed by atoms with E-state index in [4.69, 9.17) is 4.74 Å². The van der Waals surface area contributed by atoms with Gasteiger partial charge < -0.3 is 10.1 Å². The Morgan fingerprint density at radius 3 is 2.50 bits per heavy atom. The van der Waals surface area contributed by atoms with Crippen LogP contribution in [0, 0.1) is 13.8 Å². The first kappa shape index (κ1) is 16.1. The molecule has 1 heterocycles. The summed E-state index contributed by atoms with van der Waals surface area (Å²) in [5, 5.41) is 7.43. The van der Waals surface area contributed by atoms with Crippen LogP contribution in [0.3, 0.4) is 0 Å². The maximum Gasteiger partial charge on any atom is 0.224 e. The van der Waals surface area contributed by atoms with E-state index < -0.39 is 0 Å². The zero-order valence-electron chi connectivity index (χ0n) is 13.6. The molecule has 1 N–H and O–H groups in total. The van der Waals surface area contributed by atoms with Crippen LogP contribution in [-0.2, 0) is 24.3 Å². The van der Waals surface area contributed by atoms with Crippen molar-refractivity contribution in [3.05, 3.63) is 46.8 Å². The Hall–Kier alpha value is -2.30. The largest absolute Gasteiger partial charge is 0.497 e. The molecular weight excluding hydrogens is 278 g/mol. The number of aryl methyl sites for hydroxylation is 2. The molecule has 0 unspecified atom stereocenters. The Balaban J connectivity index is 1.93. The summed E-state index contributed by atoms with van der Waals surface area (Å²) in [5.74, 6) is 0.801. The number of benzene rings is 1. The van der Waals surface area contributed by atoms with E-state index in [-0.39, 0.29) is 5.91 Å². The Morgan fingerprint density at radius 2 is 1.95 bits per heavy atom. The number of hydrogen-bond acceptors (Lipinski definition) is 3. The summed E-state index contributed by atoms with van der Waals surface area (Å²) in [7, 11) is 1.63. The summed E-state index contributed by atoms with van der Waals surface area (Å²) in [4.78, 5) is 12.1. The number of nitrogens with zero attached hydrogens (tertiary/aromatic N) is 2. The first-order chi connectivity index (χ1) is 10.5. The molecule has 0 spiro atoms. The number of carbonyl (C=O) groups is 1. The van der Waals surface area contributed by atoms with Crippen LogP contribution in [0.15, 0.2) is 24.3 Å². The highest BCUT2D eigenvalue weighted by Crippen LogP contribution is 2.14. The number of aromatic nitrogens is 2. The van der Waals surface area contributed by atoms with Gasteiger partial charge in [-0.3, -0.25) is 9.48 Å². The molecule has 0 atom stereocenters. The fraction of sp³-hybridized carbons (Fsp3) is 0.412. The van der Waals surface area contributed by atoms with Crippen molar-refractivity contribution in [3.63, 3.8) is 0 Å². The van der Waals surface area contributed by atoms with E-state index >= 15 is 0 Å². The number of ether oxygens (including phenoxy) is 1. The van der Waals surface area contributed by atoms with Crippen LogP contribution in [-0.4, -0.2) is 22.8 Å². The van der Waals surface area contributed by atoms with E-state index in [1.54, 1.807) is 7.11 Å². The highest BCUT2D eigenvalue weighted by atomic mass is 16.5. The van der Waals surface area contributed by atoms with Crippen molar-refractivity contribution in [2.45, 2.75) is 40.3 Å². The molecule has 2 rings (SSSR count). The van der Waals surface area contributed by atoms with Crippen molar-refractivity contribution >= 4 is 5.91 Å². The van der Waals surface area contributed by atoms with Crippen LogP contribution in [0.4, 0.5) is 0 Å². The fourth-order valence-corrected chi connectivity index (χ4v) is 2.48. The van der Waals surface area contributed by atoms with Crippen molar-refractivity contribution < 1.29 is 9.53 Å². The molecule has 22 heavy (non-hydrogen) atoms. The number of hydrogen-bond donors (Lipinski definition) is 1. The maximum atomic E-state index is 12.1. The lowest BCUT2D eigenvalue weighted by Gasteiger charge is -2.07. The van der Waals surface area contributed by atoms with Gasteiger partial charge in [0.25, 0.3) is 0 Å². The predicted molar refractivity (Wildman–Crippen MR) is 85.9 cm³/mol. The first-order valence-corrected chi connectivity index (χ1v) is 7.47. The molecule has 0 aliphatic carbocycles. The van der Waals surface area contributed by atoms with Crippen LogP contribution in [0.5, 0.6) is 5.75 Å². The number of amides is 1. The number of nitrogens with one attached hydrogen (secondary N) is 1. The van der Waals surface area contributed by atoms with Gasteiger partial charge in [0, 0.05) is 24.3 Å². The zero-order valence-corrected chi connectivity index (χ0v) is 13.6. The minimum absolute atomic E-state index is 0.00761. The van der Waals surface area contributed by atoms with Gasteiger partial charge in [-0.25, -0.2) is 0 Å². The summed E-state index contributed by atoms with van der Waals surface area (Å²) in [6.07, 6.45) is 0.365. The lowest BCUT2D eigenvalue weighted by molar-refractivity contribution is -0.120. The molecule has 0 saturated heterocycles. The molecule has 0 aliphatic heterocycles. The quantitative estimate of drug-likeness (QED) is 0.891. The number of carbonyl (C=O) groups excluding carboxylic acids is 1. The van der Waals surface area contributed by atoms with E-state index in [0.29, 0.717) is 13.0 Å². The predicted octanol–water partition coefficient (Wildman–Crippen LogP) is 2.39. The van der Waals surface area contributed by atoms with E-state index in [1.807, 2.05) is 42.8 Å². The lowest BCUT2D eigenvalue weighted by Crippen LogP contribution is -2.25. The second-order valence-electron chi connectivity index (χ2n) is 5.27. The normalized spacial score (nSPS) is 10.5. The van der Waals surface area contributed by atoms with Gasteiger partial charge in [0.1, 0.15) is 5.75 Å². The Kier molecular flexibility index (Phi) is 5.20. The van der Waals surface area contributed by atoms with Crippen molar-refractivity contribution in [1.29, 1.82) is 0 Å². The van der Waals surface area contributed by atoms with Gasteiger partial charge in [0.2, 0.25) is 5.91 Å². The van der Waals surface area contributed by atoms with Crippen LogP contribution in [0.1, 0.15) is 29.4 Å². The molecule has 1 aromatic carbocycles. The topological polar surface area (TPSA) is 56.2 Å². The van der Waals surface area contributed by atoms with Gasteiger partial charge in [-0.1, -0.05) is 12.1 Å². The van der Waals surface area contributed by atoms with Gasteiger partial charge in [0.05, 0.1) is 19.2 Å². The van der Waals surface area contributed by atoms with Crippen LogP contribution in [0.25, 0.3) is 0 Å². The van der Waals surface area contributed by atoms with E-state index in [2.05, 4.69) is 17.3 Å². The van der Waals surface area contributed by atoms with E-state index in [9.17, 15) is 4.79 Å². The molecule has 5 heteroatoms. The molecule has 1 aromatic heterocycles. The molecule has 0 fully saturated rings. The average molecular weight is 301 g/mol. The molecule has 5 nitrogen and oxygen atoms in total. The second-order valence-corrected chi connectivity index (χ2v) is 5.27. The minimum Gasteiger partial charge on any atom is -0.497 e. The molecule has 118 valence electrons. The standard InChI is InChI=1S/C17H23N3O2/c1-5-20-13(3)16(12(2)19-20)11-18-17(21)10-14-6-8-15(22-4)9-7-14/h6-9H,5,10-11H2,1-4H3,(H,18,21). The summed E-state index contributed by atoms with van der Waals surface area (Å²) in [5.41, 5.74) is 4.16. The van der Waals surface area contributed by atoms with Crippen molar-refractivity contribution in [1.82, 2.24) is 15.1 Å². The smallest absolute Gasteiger partial charge is 0.224 e. The van der Waals surface area contributed by atoms with Gasteiger partial charge >= 0.3 is 0 Å². The molecule has 0 saturated carbocycles. The average Bonchev–Trinajstić information content (AvgIpc) is 2.80. The van der Waals surface area contributed by atoms with Crippen LogP contribution < -0.4 is 10.1 Å². The molecule has 0 aliphatic rings. The van der Waals surface area contributed by atoms with Crippen LogP contribution >= 0.6 is 0 Å². The van der Waals surface area contributed by atoms with Gasteiger partial charge in [-0.05, 0) is 38.5 Å². The first-order valence-electron chi connectivity index (χ1n) is 7.47. The SMILES string of the molecule is CCn1nc(C)c(CNC(=O)Cc2ccc(OC)cc2)c1C. The zero-order chi connectivity index (χ0) is 16.1. The molecule has 0 radical (unpaired) electrons. The third-order valence-electron chi connectivity index (χ3n) is 3.82. The summed E-state index contributed by atoms with van der Waals surface area (Å²) < 4.78 is 7.07. The number of methoxy groups -OCH3 is 1. The van der Waals surface area contributed by atoms with E-state index in [0.717, 1.165) is 34.8 Å². The Labute approximate surface area is 131 Å². The van der Waals surface area contributed by atoms with Gasteiger partial charge in [-0.2, -0.15) is 5.10 Å². The summed E-state index contributed by atoms with van der Waals surface area (Å²) >= 11 is 0. The molecular formula is C17H23N3O2. The number of rotatable bonds is 6. The summed E-state index contributed by atoms with van der Waals surface area (Å²) in [6, 6.07) is 7.54. The molecule has 2 aromatic rings. The highest BCUT2D eigenvalue weighted by Gasteiger charge is 2.11. The Morgan fingerprint density at radius 1 is 1.27 bits per heavy atom. The van der Waals surface area contributed by atoms with Gasteiger partial charge in [0.15, 0.2) is 0 Å². The van der Waals surface area contributed by atoms with Gasteiger partial charge in [-0.15, -0.1) is 0 Å². The maximum absolute atomic E-state index is 12.1. The van der Waals surface area contributed by atoms with Crippen molar-refractivity contribution in [2.24, 2.45) is 0 Å². The third-order valence-corrected chi connectivity index (χ3v) is 3.82. The van der Waals surface area contributed by atoms with Crippen molar-refractivity contribution in [2.75, 3.05) is 7.11 Å². The van der Waals surface area contributed by atoms with E-state index in [1.165, 1.54) is 0 Å². The molecule has 1 amide bonds. The third kappa shape index (κ3) is 3.67. The highest BCUT2D eigenvalue weighted by molar-refractivity contribution is 5.78. The minimum atomic E-state index is 0.00761. The van der Waals surface area contributed by atoms with Crippen LogP contribution in [0.2, 0.25) is 0 Å². The monoisotopic (exact) mass is 301 g/mol.